The van der Waals surface area contributed by atoms with Crippen molar-refractivity contribution in [1.29, 1.82) is 0 Å². The highest BCUT2D eigenvalue weighted by molar-refractivity contribution is 6.06. The van der Waals surface area contributed by atoms with Crippen LogP contribution >= 0.6 is 0 Å². The lowest BCUT2D eigenvalue weighted by Crippen LogP contribution is -2.13. The number of pyridine rings is 2. The van der Waals surface area contributed by atoms with Gasteiger partial charge < -0.3 is 5.32 Å². The average Bonchev–Trinajstić information content (AvgIpc) is 2.49. The Bertz CT molecular complexity index is 836. The molecule has 0 fully saturated rings. The van der Waals surface area contributed by atoms with Crippen molar-refractivity contribution in [2.75, 3.05) is 5.32 Å². The molecule has 4 nitrogen and oxygen atoms in total. The van der Waals surface area contributed by atoms with E-state index in [4.69, 9.17) is 0 Å². The zero-order chi connectivity index (χ0) is 14.8. The first-order valence-electron chi connectivity index (χ1n) is 6.12. The number of aromatic nitrogens is 2. The molecule has 104 valence electrons. The van der Waals surface area contributed by atoms with E-state index in [-0.39, 0.29) is 5.69 Å². The molecule has 6 heteroatoms. The lowest BCUT2D eigenvalue weighted by Gasteiger charge is -2.06. The Labute approximate surface area is 118 Å². The van der Waals surface area contributed by atoms with E-state index in [2.05, 4.69) is 15.3 Å². The number of carbonyl (C=O) groups is 1. The molecule has 0 unspecified atom stereocenters. The Morgan fingerprint density at radius 3 is 2.76 bits per heavy atom. The van der Waals surface area contributed by atoms with Gasteiger partial charge in [-0.05, 0) is 36.4 Å². The minimum atomic E-state index is -1.06. The molecule has 0 aliphatic rings. The number of amides is 1. The molecule has 3 aromatic rings. The van der Waals surface area contributed by atoms with E-state index in [1.54, 1.807) is 30.5 Å². The SMILES string of the molecule is O=C(Nc1ccc(F)nc1F)c1ccc2ncccc2c1. The number of fused-ring (bicyclic) bond motifs is 1. The molecule has 2 aromatic heterocycles. The second kappa shape index (κ2) is 5.24. The second-order valence-corrected chi connectivity index (χ2v) is 4.34. The summed E-state index contributed by atoms with van der Waals surface area (Å²) in [6.45, 7) is 0. The summed E-state index contributed by atoms with van der Waals surface area (Å²) in [7, 11) is 0. The Hall–Kier alpha value is -2.89. The number of hydrogen-bond donors (Lipinski definition) is 1. The summed E-state index contributed by atoms with van der Waals surface area (Å²) < 4.78 is 26.1. The van der Waals surface area contributed by atoms with Gasteiger partial charge in [0.15, 0.2) is 0 Å². The number of halogens is 2. The predicted octanol–water partition coefficient (Wildman–Crippen LogP) is 3.16. The summed E-state index contributed by atoms with van der Waals surface area (Å²) in [6.07, 6.45) is 1.65. The highest BCUT2D eigenvalue weighted by Gasteiger charge is 2.11. The number of carbonyl (C=O) groups excluding carboxylic acids is 1. The Kier molecular flexibility index (Phi) is 3.27. The first-order chi connectivity index (χ1) is 10.1. The summed E-state index contributed by atoms with van der Waals surface area (Å²) in [6, 6.07) is 10.6. The van der Waals surface area contributed by atoms with Gasteiger partial charge in [0.25, 0.3) is 5.91 Å². The van der Waals surface area contributed by atoms with Crippen molar-refractivity contribution in [2.45, 2.75) is 0 Å². The zero-order valence-corrected chi connectivity index (χ0v) is 10.7. The average molecular weight is 285 g/mol. The zero-order valence-electron chi connectivity index (χ0n) is 10.7. The standard InChI is InChI=1S/C15H9F2N3O/c16-13-6-5-12(14(17)20-13)19-15(21)10-3-4-11-9(8-10)2-1-7-18-11/h1-8H,(H,19,21). The van der Waals surface area contributed by atoms with Gasteiger partial charge in [-0.15, -0.1) is 0 Å². The van der Waals surface area contributed by atoms with Gasteiger partial charge in [0.05, 0.1) is 11.2 Å². The third-order valence-corrected chi connectivity index (χ3v) is 2.93. The van der Waals surface area contributed by atoms with Crippen LogP contribution in [0.2, 0.25) is 0 Å². The van der Waals surface area contributed by atoms with Crippen LogP contribution in [0.25, 0.3) is 10.9 Å². The largest absolute Gasteiger partial charge is 0.318 e. The maximum Gasteiger partial charge on any atom is 0.255 e. The number of nitrogens with one attached hydrogen (secondary N) is 1. The Balaban J connectivity index is 1.89. The maximum absolute atomic E-state index is 13.4. The van der Waals surface area contributed by atoms with Gasteiger partial charge in [0.2, 0.25) is 11.9 Å². The third kappa shape index (κ3) is 2.69. The monoisotopic (exact) mass is 285 g/mol. The van der Waals surface area contributed by atoms with Crippen LogP contribution in [0.5, 0.6) is 0 Å². The van der Waals surface area contributed by atoms with Crippen LogP contribution in [0.15, 0.2) is 48.7 Å². The van der Waals surface area contributed by atoms with Crippen molar-refractivity contribution < 1.29 is 13.6 Å². The van der Waals surface area contributed by atoms with Crippen molar-refractivity contribution in [3.63, 3.8) is 0 Å². The Morgan fingerprint density at radius 1 is 1.10 bits per heavy atom. The van der Waals surface area contributed by atoms with Crippen LogP contribution in [0.3, 0.4) is 0 Å². The van der Waals surface area contributed by atoms with Crippen molar-refractivity contribution in [1.82, 2.24) is 9.97 Å². The predicted molar refractivity (Wildman–Crippen MR) is 73.8 cm³/mol. The van der Waals surface area contributed by atoms with Crippen LogP contribution in [-0.4, -0.2) is 15.9 Å². The molecular formula is C15H9F2N3O. The van der Waals surface area contributed by atoms with E-state index in [0.29, 0.717) is 5.56 Å². The quantitative estimate of drug-likeness (QED) is 0.736. The van der Waals surface area contributed by atoms with Crippen LogP contribution in [-0.2, 0) is 0 Å². The molecule has 0 aliphatic carbocycles. The molecule has 3 rings (SSSR count). The highest BCUT2D eigenvalue weighted by atomic mass is 19.1. The maximum atomic E-state index is 13.4. The third-order valence-electron chi connectivity index (χ3n) is 2.93. The summed E-state index contributed by atoms with van der Waals surface area (Å²) in [5, 5.41) is 3.15. The number of rotatable bonds is 2. The van der Waals surface area contributed by atoms with E-state index in [1.165, 1.54) is 0 Å². The second-order valence-electron chi connectivity index (χ2n) is 4.34. The minimum Gasteiger partial charge on any atom is -0.318 e. The first kappa shape index (κ1) is 13.1. The molecule has 0 saturated carbocycles. The smallest absolute Gasteiger partial charge is 0.255 e. The van der Waals surface area contributed by atoms with Gasteiger partial charge in [-0.1, -0.05) is 6.07 Å². The topological polar surface area (TPSA) is 54.9 Å². The molecule has 0 spiro atoms. The molecule has 0 saturated heterocycles. The van der Waals surface area contributed by atoms with Gasteiger partial charge in [0, 0.05) is 17.1 Å². The van der Waals surface area contributed by atoms with Crippen molar-refractivity contribution in [3.8, 4) is 0 Å². The molecule has 1 N–H and O–H groups in total. The van der Waals surface area contributed by atoms with Gasteiger partial charge >= 0.3 is 0 Å². The van der Waals surface area contributed by atoms with E-state index >= 15 is 0 Å². The molecule has 0 atom stereocenters. The molecule has 0 bridgehead atoms. The number of nitrogens with zero attached hydrogens (tertiary/aromatic N) is 2. The van der Waals surface area contributed by atoms with Crippen LogP contribution in [0, 0.1) is 11.9 Å². The van der Waals surface area contributed by atoms with Gasteiger partial charge in [-0.3, -0.25) is 9.78 Å². The lowest BCUT2D eigenvalue weighted by molar-refractivity contribution is 0.102. The summed E-state index contributed by atoms with van der Waals surface area (Å²) in [4.78, 5) is 19.2. The van der Waals surface area contributed by atoms with Crippen LogP contribution < -0.4 is 5.32 Å². The molecule has 0 aliphatic heterocycles. The fraction of sp³-hybridized carbons (Fsp3) is 0. The molecule has 1 aromatic carbocycles. The number of anilines is 1. The summed E-state index contributed by atoms with van der Waals surface area (Å²) >= 11 is 0. The van der Waals surface area contributed by atoms with Gasteiger partial charge in [-0.2, -0.15) is 13.8 Å². The van der Waals surface area contributed by atoms with E-state index in [0.717, 1.165) is 23.0 Å². The minimum absolute atomic E-state index is 0.173. The van der Waals surface area contributed by atoms with Crippen LogP contribution in [0.4, 0.5) is 14.5 Å². The van der Waals surface area contributed by atoms with Gasteiger partial charge in [-0.25, -0.2) is 0 Å². The van der Waals surface area contributed by atoms with E-state index < -0.39 is 17.8 Å². The van der Waals surface area contributed by atoms with Gasteiger partial charge in [0.1, 0.15) is 0 Å². The van der Waals surface area contributed by atoms with Crippen LogP contribution in [0.1, 0.15) is 10.4 Å². The number of benzene rings is 1. The highest BCUT2D eigenvalue weighted by Crippen LogP contribution is 2.16. The molecule has 1 amide bonds. The molecular weight excluding hydrogens is 276 g/mol. The van der Waals surface area contributed by atoms with Crippen molar-refractivity contribution in [3.05, 3.63) is 66.1 Å². The molecule has 2 heterocycles. The van der Waals surface area contributed by atoms with Crippen molar-refractivity contribution >= 4 is 22.5 Å². The van der Waals surface area contributed by atoms with E-state index in [1.807, 2.05) is 6.07 Å². The lowest BCUT2D eigenvalue weighted by atomic mass is 10.1. The first-order valence-corrected chi connectivity index (χ1v) is 6.12. The summed E-state index contributed by atoms with van der Waals surface area (Å²) in [5.41, 5.74) is 0.926. The molecule has 0 radical (unpaired) electrons. The molecule has 21 heavy (non-hydrogen) atoms. The summed E-state index contributed by atoms with van der Waals surface area (Å²) in [5.74, 6) is -2.51. The Morgan fingerprint density at radius 2 is 1.95 bits per heavy atom. The fourth-order valence-corrected chi connectivity index (χ4v) is 1.92. The number of hydrogen-bond acceptors (Lipinski definition) is 3. The van der Waals surface area contributed by atoms with E-state index in [9.17, 15) is 13.6 Å². The fourth-order valence-electron chi connectivity index (χ4n) is 1.92. The van der Waals surface area contributed by atoms with Crippen molar-refractivity contribution in [2.24, 2.45) is 0 Å². The normalized spacial score (nSPS) is 10.6.